The Morgan fingerprint density at radius 1 is 0.970 bits per heavy atom. The molecule has 0 atom stereocenters. The summed E-state index contributed by atoms with van der Waals surface area (Å²) >= 11 is 0. The first-order chi connectivity index (χ1) is 15.7. The maximum atomic E-state index is 13.5. The molecule has 0 amide bonds. The number of benzene rings is 3. The number of anilines is 1. The molecule has 0 radical (unpaired) electrons. The van der Waals surface area contributed by atoms with Crippen molar-refractivity contribution in [3.8, 4) is 5.75 Å². The summed E-state index contributed by atoms with van der Waals surface area (Å²) in [4.78, 5) is 11.5. The number of allylic oxidation sites excluding steroid dienone is 2. The van der Waals surface area contributed by atoms with Gasteiger partial charge in [0.15, 0.2) is 0 Å². The van der Waals surface area contributed by atoms with Crippen LogP contribution in [0.5, 0.6) is 5.75 Å². The number of hydrogen-bond donors (Lipinski definition) is 2. The highest BCUT2D eigenvalue weighted by molar-refractivity contribution is 5.97. The number of nitrogens with two attached hydrogens (primary N) is 1. The number of hydrogen-bond acceptors (Lipinski definition) is 3. The monoisotopic (exact) mass is 453 g/mol. The third-order valence-electron chi connectivity index (χ3n) is 5.64. The molecule has 0 fully saturated rings. The first-order valence-corrected chi connectivity index (χ1v) is 10.5. The van der Waals surface area contributed by atoms with E-state index in [-0.39, 0.29) is 17.9 Å². The number of rotatable bonds is 6. The van der Waals surface area contributed by atoms with Crippen LogP contribution in [0.15, 0.2) is 66.7 Å². The predicted molar refractivity (Wildman–Crippen MR) is 121 cm³/mol. The van der Waals surface area contributed by atoms with Gasteiger partial charge >= 0.3 is 12.1 Å². The smallest absolute Gasteiger partial charge is 0.416 e. The Hall–Kier alpha value is -3.74. The molecule has 0 heterocycles. The maximum Gasteiger partial charge on any atom is 0.416 e. The van der Waals surface area contributed by atoms with Crippen LogP contribution < -0.4 is 10.5 Å². The van der Waals surface area contributed by atoms with E-state index in [4.69, 9.17) is 10.5 Å². The van der Waals surface area contributed by atoms with E-state index in [0.29, 0.717) is 35.3 Å². The summed E-state index contributed by atoms with van der Waals surface area (Å²) in [6.07, 6.45) is -2.61. The van der Waals surface area contributed by atoms with Gasteiger partial charge in [0.25, 0.3) is 0 Å². The van der Waals surface area contributed by atoms with Crippen molar-refractivity contribution < 1.29 is 27.8 Å². The summed E-state index contributed by atoms with van der Waals surface area (Å²) in [5.41, 5.74) is 8.84. The van der Waals surface area contributed by atoms with Crippen LogP contribution in [0.4, 0.5) is 18.9 Å². The van der Waals surface area contributed by atoms with Crippen molar-refractivity contribution in [1.82, 2.24) is 0 Å². The quantitative estimate of drug-likeness (QED) is 0.410. The van der Waals surface area contributed by atoms with Gasteiger partial charge < -0.3 is 15.6 Å². The van der Waals surface area contributed by atoms with E-state index in [1.807, 2.05) is 30.3 Å². The Morgan fingerprint density at radius 2 is 1.70 bits per heavy atom. The van der Waals surface area contributed by atoms with Gasteiger partial charge in [0.2, 0.25) is 0 Å². The van der Waals surface area contributed by atoms with Crippen molar-refractivity contribution in [1.29, 1.82) is 0 Å². The SMILES string of the molecule is Nc1cc(C(=O)O)cc(C2=C(c3cc(C(F)(F)F)ccc3OCc3ccccc3)CCC2)c1. The van der Waals surface area contributed by atoms with Crippen LogP contribution in [0.25, 0.3) is 11.1 Å². The minimum Gasteiger partial charge on any atom is -0.488 e. The van der Waals surface area contributed by atoms with Crippen LogP contribution in [0.1, 0.15) is 51.9 Å². The first-order valence-electron chi connectivity index (χ1n) is 10.5. The highest BCUT2D eigenvalue weighted by Gasteiger charge is 2.32. The predicted octanol–water partition coefficient (Wildman–Crippen LogP) is 6.66. The number of halogens is 3. The lowest BCUT2D eigenvalue weighted by Gasteiger charge is -2.17. The van der Waals surface area contributed by atoms with Crippen molar-refractivity contribution in [2.45, 2.75) is 32.0 Å². The van der Waals surface area contributed by atoms with Crippen LogP contribution in [0, 0.1) is 0 Å². The molecule has 0 unspecified atom stereocenters. The van der Waals surface area contributed by atoms with Gasteiger partial charge in [-0.05, 0) is 77.9 Å². The van der Waals surface area contributed by atoms with Crippen molar-refractivity contribution in [3.05, 3.63) is 94.5 Å². The molecule has 0 aromatic heterocycles. The van der Waals surface area contributed by atoms with Crippen LogP contribution in [-0.4, -0.2) is 11.1 Å². The fourth-order valence-electron chi connectivity index (χ4n) is 4.11. The molecule has 4 nitrogen and oxygen atoms in total. The largest absolute Gasteiger partial charge is 0.488 e. The zero-order valence-electron chi connectivity index (χ0n) is 17.7. The van der Waals surface area contributed by atoms with Crippen molar-refractivity contribution in [2.24, 2.45) is 0 Å². The number of carboxylic acid groups (broad SMARTS) is 1. The van der Waals surface area contributed by atoms with Crippen LogP contribution in [0.2, 0.25) is 0 Å². The first kappa shape index (κ1) is 22.5. The second-order valence-electron chi connectivity index (χ2n) is 7.94. The second kappa shape index (κ2) is 9.02. The topological polar surface area (TPSA) is 72.6 Å². The fourth-order valence-corrected chi connectivity index (χ4v) is 4.11. The zero-order valence-corrected chi connectivity index (χ0v) is 17.7. The van der Waals surface area contributed by atoms with Crippen LogP contribution in [0.3, 0.4) is 0 Å². The molecule has 0 bridgehead atoms. The number of aromatic carboxylic acids is 1. The number of carbonyl (C=O) groups is 1. The van der Waals surface area contributed by atoms with Gasteiger partial charge in [-0.1, -0.05) is 30.3 Å². The zero-order chi connectivity index (χ0) is 23.6. The highest BCUT2D eigenvalue weighted by atomic mass is 19.4. The maximum absolute atomic E-state index is 13.5. The third kappa shape index (κ3) is 5.03. The Labute approximate surface area is 189 Å². The summed E-state index contributed by atoms with van der Waals surface area (Å²) in [5.74, 6) is -0.765. The van der Waals surface area contributed by atoms with E-state index in [1.54, 1.807) is 6.07 Å². The van der Waals surface area contributed by atoms with Crippen molar-refractivity contribution in [2.75, 3.05) is 5.73 Å². The van der Waals surface area contributed by atoms with E-state index in [0.717, 1.165) is 29.7 Å². The van der Waals surface area contributed by atoms with Crippen LogP contribution in [-0.2, 0) is 12.8 Å². The Bertz CT molecular complexity index is 1220. The van der Waals surface area contributed by atoms with Gasteiger partial charge in [0.1, 0.15) is 12.4 Å². The molecule has 0 aliphatic heterocycles. The standard InChI is InChI=1S/C26H22F3NO3/c27-26(28,29)19-9-10-24(33-15-16-5-2-1-3-6-16)23(14-19)22-8-4-7-21(22)17-11-18(25(31)32)13-20(30)12-17/h1-3,5-6,9-14H,4,7-8,15,30H2,(H,31,32). The molecule has 3 aromatic rings. The van der Waals surface area contributed by atoms with E-state index < -0.39 is 17.7 Å². The summed E-state index contributed by atoms with van der Waals surface area (Å²) < 4.78 is 46.5. The molecule has 4 rings (SSSR count). The van der Waals surface area contributed by atoms with Gasteiger partial charge in [0.05, 0.1) is 11.1 Å². The van der Waals surface area contributed by atoms with Crippen LogP contribution >= 0.6 is 0 Å². The fraction of sp³-hybridized carbons (Fsp3) is 0.192. The number of carboxylic acids is 1. The minimum atomic E-state index is -4.50. The van der Waals surface area contributed by atoms with E-state index >= 15 is 0 Å². The van der Waals surface area contributed by atoms with Crippen molar-refractivity contribution >= 4 is 22.8 Å². The molecule has 3 aromatic carbocycles. The number of ether oxygens (including phenoxy) is 1. The lowest BCUT2D eigenvalue weighted by Crippen LogP contribution is -2.07. The molecule has 0 spiro atoms. The average molecular weight is 453 g/mol. The third-order valence-corrected chi connectivity index (χ3v) is 5.64. The molecule has 170 valence electrons. The molecule has 1 aliphatic rings. The molecule has 1 aliphatic carbocycles. The second-order valence-corrected chi connectivity index (χ2v) is 7.94. The lowest BCUT2D eigenvalue weighted by atomic mass is 9.94. The Morgan fingerprint density at radius 3 is 2.39 bits per heavy atom. The van der Waals surface area contributed by atoms with Gasteiger partial charge in [-0.2, -0.15) is 13.2 Å². The van der Waals surface area contributed by atoms with Gasteiger partial charge in [-0.15, -0.1) is 0 Å². The molecular weight excluding hydrogens is 431 g/mol. The van der Waals surface area contributed by atoms with Gasteiger partial charge in [-0.25, -0.2) is 4.79 Å². The Balaban J connectivity index is 1.81. The minimum absolute atomic E-state index is 0.0355. The molecule has 33 heavy (non-hydrogen) atoms. The normalized spacial score (nSPS) is 13.9. The average Bonchev–Trinajstić information content (AvgIpc) is 3.27. The van der Waals surface area contributed by atoms with E-state index in [9.17, 15) is 23.1 Å². The molecular formula is C26H22F3NO3. The Kier molecular flexibility index (Phi) is 6.14. The summed E-state index contributed by atoms with van der Waals surface area (Å²) in [6, 6.07) is 17.4. The van der Waals surface area contributed by atoms with E-state index in [1.165, 1.54) is 18.2 Å². The number of alkyl halides is 3. The van der Waals surface area contributed by atoms with Gasteiger partial charge in [-0.3, -0.25) is 0 Å². The van der Waals surface area contributed by atoms with Gasteiger partial charge in [0, 0.05) is 11.3 Å². The lowest BCUT2D eigenvalue weighted by molar-refractivity contribution is -0.137. The summed E-state index contributed by atoms with van der Waals surface area (Å²) in [5, 5.41) is 9.39. The summed E-state index contributed by atoms with van der Waals surface area (Å²) in [7, 11) is 0. The molecule has 0 saturated heterocycles. The highest BCUT2D eigenvalue weighted by Crippen LogP contribution is 2.45. The number of nitrogen functional groups attached to an aromatic ring is 1. The summed E-state index contributed by atoms with van der Waals surface area (Å²) in [6.45, 7) is 0.212. The molecule has 7 heteroatoms. The molecule has 3 N–H and O–H groups in total. The van der Waals surface area contributed by atoms with Crippen molar-refractivity contribution in [3.63, 3.8) is 0 Å². The van der Waals surface area contributed by atoms with E-state index in [2.05, 4.69) is 0 Å². The molecule has 0 saturated carbocycles.